The second-order valence-electron chi connectivity index (χ2n) is 5.72. The average Bonchev–Trinajstić information content (AvgIpc) is 2.53. The van der Waals surface area contributed by atoms with Crippen molar-refractivity contribution in [1.82, 2.24) is 0 Å². The molecule has 21 heavy (non-hydrogen) atoms. The zero-order chi connectivity index (χ0) is 14.2. The molecule has 2 N–H and O–H groups in total. The van der Waals surface area contributed by atoms with Gasteiger partial charge < -0.3 is 22.5 Å². The summed E-state index contributed by atoms with van der Waals surface area (Å²) < 4.78 is 5.45. The van der Waals surface area contributed by atoms with Gasteiger partial charge in [-0.3, -0.25) is 0 Å². The summed E-state index contributed by atoms with van der Waals surface area (Å²) in [4.78, 5) is 11.9. The molecule has 1 aromatic rings. The van der Waals surface area contributed by atoms with Gasteiger partial charge in [0.05, 0.1) is 11.6 Å². The number of halogens is 1. The monoisotopic (exact) mass is 311 g/mol. The van der Waals surface area contributed by atoms with Gasteiger partial charge in [-0.05, 0) is 44.2 Å². The van der Waals surface area contributed by atoms with Crippen molar-refractivity contribution in [2.45, 2.75) is 57.5 Å². The van der Waals surface area contributed by atoms with Gasteiger partial charge in [-0.1, -0.05) is 31.5 Å². The molecule has 0 saturated heterocycles. The molecule has 0 aliphatic heterocycles. The van der Waals surface area contributed by atoms with Crippen molar-refractivity contribution >= 4 is 5.97 Å². The molecule has 1 aliphatic carbocycles. The van der Waals surface area contributed by atoms with Gasteiger partial charge in [0, 0.05) is 0 Å². The van der Waals surface area contributed by atoms with Crippen LogP contribution in [-0.2, 0) is 4.74 Å². The Morgan fingerprint density at radius 1 is 1.24 bits per heavy atom. The Balaban J connectivity index is 0.00000220. The number of carbonyl (C=O) groups is 1. The van der Waals surface area contributed by atoms with Crippen molar-refractivity contribution in [3.63, 3.8) is 0 Å². The molecular weight excluding hydrogens is 286 g/mol. The number of hydrogen-bond donors (Lipinski definition) is 1. The molecule has 0 amide bonds. The summed E-state index contributed by atoms with van der Waals surface area (Å²) in [5.74, 6) is -0.207. The van der Waals surface area contributed by atoms with Crippen LogP contribution in [0.5, 0.6) is 0 Å². The minimum absolute atomic E-state index is 0. The van der Waals surface area contributed by atoms with E-state index in [-0.39, 0.29) is 18.4 Å². The maximum Gasteiger partial charge on any atom is 0.338 e. The number of ether oxygens (including phenoxy) is 1. The third-order valence-corrected chi connectivity index (χ3v) is 4.16. The smallest absolute Gasteiger partial charge is 0.338 e. The van der Waals surface area contributed by atoms with Gasteiger partial charge in [0.2, 0.25) is 0 Å². The SMILES string of the molecule is CCC(COC(=O)c1ccccc1)[NH2+]C1CCCCC1.[Cl-]. The Kier molecular flexibility index (Phi) is 8.40. The van der Waals surface area contributed by atoms with Crippen molar-refractivity contribution in [2.75, 3.05) is 6.61 Å². The summed E-state index contributed by atoms with van der Waals surface area (Å²) in [7, 11) is 0. The summed E-state index contributed by atoms with van der Waals surface area (Å²) in [5, 5.41) is 2.43. The summed E-state index contributed by atoms with van der Waals surface area (Å²) in [6.07, 6.45) is 7.73. The highest BCUT2D eigenvalue weighted by Gasteiger charge is 2.21. The normalized spacial score (nSPS) is 16.8. The molecule has 1 saturated carbocycles. The summed E-state index contributed by atoms with van der Waals surface area (Å²) in [6.45, 7) is 2.68. The number of hydrogen-bond acceptors (Lipinski definition) is 2. The molecule has 1 aromatic carbocycles. The number of carbonyl (C=O) groups excluding carboxylic acids is 1. The van der Waals surface area contributed by atoms with Crippen molar-refractivity contribution < 1.29 is 27.3 Å². The number of esters is 1. The van der Waals surface area contributed by atoms with Crippen LogP contribution in [0.3, 0.4) is 0 Å². The van der Waals surface area contributed by atoms with Gasteiger partial charge in [0.25, 0.3) is 0 Å². The number of rotatable bonds is 6. The van der Waals surface area contributed by atoms with Crippen LogP contribution in [0, 0.1) is 0 Å². The van der Waals surface area contributed by atoms with Gasteiger partial charge in [-0.15, -0.1) is 0 Å². The van der Waals surface area contributed by atoms with Crippen LogP contribution in [0.1, 0.15) is 55.8 Å². The zero-order valence-electron chi connectivity index (χ0n) is 12.8. The number of benzene rings is 1. The molecule has 0 bridgehead atoms. The first-order chi connectivity index (χ1) is 9.79. The van der Waals surface area contributed by atoms with E-state index in [2.05, 4.69) is 12.2 Å². The van der Waals surface area contributed by atoms with Crippen LogP contribution < -0.4 is 17.7 Å². The van der Waals surface area contributed by atoms with Gasteiger partial charge >= 0.3 is 5.97 Å². The van der Waals surface area contributed by atoms with E-state index in [9.17, 15) is 4.79 Å². The lowest BCUT2D eigenvalue weighted by Crippen LogP contribution is -3.00. The Bertz CT molecular complexity index is 405. The third-order valence-electron chi connectivity index (χ3n) is 4.16. The molecule has 2 rings (SSSR count). The van der Waals surface area contributed by atoms with Gasteiger partial charge in [-0.25, -0.2) is 4.79 Å². The van der Waals surface area contributed by atoms with E-state index in [4.69, 9.17) is 4.74 Å². The molecule has 0 radical (unpaired) electrons. The molecule has 0 spiro atoms. The lowest BCUT2D eigenvalue weighted by Gasteiger charge is -2.24. The Hall–Kier alpha value is -1.06. The Morgan fingerprint density at radius 2 is 1.90 bits per heavy atom. The van der Waals surface area contributed by atoms with E-state index < -0.39 is 0 Å². The highest BCUT2D eigenvalue weighted by Crippen LogP contribution is 2.15. The topological polar surface area (TPSA) is 42.9 Å². The Labute approximate surface area is 133 Å². The van der Waals surface area contributed by atoms with E-state index in [1.807, 2.05) is 18.2 Å². The molecular formula is C17H26ClNO2. The second-order valence-corrected chi connectivity index (χ2v) is 5.72. The highest BCUT2D eigenvalue weighted by atomic mass is 35.5. The molecule has 0 heterocycles. The minimum Gasteiger partial charge on any atom is -1.00 e. The van der Waals surface area contributed by atoms with Crippen LogP contribution >= 0.6 is 0 Å². The molecule has 0 aromatic heterocycles. The van der Waals surface area contributed by atoms with Crippen LogP contribution in [-0.4, -0.2) is 24.7 Å². The maximum atomic E-state index is 11.9. The van der Waals surface area contributed by atoms with Crippen molar-refractivity contribution in [2.24, 2.45) is 0 Å². The maximum absolute atomic E-state index is 11.9. The fourth-order valence-corrected chi connectivity index (χ4v) is 2.86. The lowest BCUT2D eigenvalue weighted by molar-refractivity contribution is -0.724. The quantitative estimate of drug-likeness (QED) is 0.721. The van der Waals surface area contributed by atoms with Crippen molar-refractivity contribution in [3.05, 3.63) is 35.9 Å². The highest BCUT2D eigenvalue weighted by molar-refractivity contribution is 5.89. The fourth-order valence-electron chi connectivity index (χ4n) is 2.86. The van der Waals surface area contributed by atoms with E-state index in [0.29, 0.717) is 18.2 Å². The van der Waals surface area contributed by atoms with Gasteiger partial charge in [0.15, 0.2) is 0 Å². The van der Waals surface area contributed by atoms with Crippen molar-refractivity contribution in [1.29, 1.82) is 0 Å². The summed E-state index contributed by atoms with van der Waals surface area (Å²) in [6, 6.07) is 10.4. The largest absolute Gasteiger partial charge is 1.00 e. The molecule has 4 heteroatoms. The van der Waals surface area contributed by atoms with Crippen LogP contribution in [0.2, 0.25) is 0 Å². The standard InChI is InChI=1S/C17H25NO2.ClH/c1-2-15(18-16-11-7-4-8-12-16)13-20-17(19)14-9-5-3-6-10-14;/h3,5-6,9-10,15-16,18H,2,4,7-8,11-13H2,1H3;1H. The van der Waals surface area contributed by atoms with Crippen molar-refractivity contribution in [3.8, 4) is 0 Å². The van der Waals surface area contributed by atoms with E-state index in [1.165, 1.54) is 32.1 Å². The van der Waals surface area contributed by atoms with Gasteiger partial charge in [-0.2, -0.15) is 0 Å². The fraction of sp³-hybridized carbons (Fsp3) is 0.588. The van der Waals surface area contributed by atoms with Crippen LogP contribution in [0.4, 0.5) is 0 Å². The second kappa shape index (κ2) is 9.80. The molecule has 3 nitrogen and oxygen atoms in total. The first-order valence-corrected chi connectivity index (χ1v) is 7.86. The van der Waals surface area contributed by atoms with E-state index >= 15 is 0 Å². The van der Waals surface area contributed by atoms with E-state index in [0.717, 1.165) is 12.5 Å². The molecule has 1 unspecified atom stereocenters. The van der Waals surface area contributed by atoms with Crippen LogP contribution in [0.25, 0.3) is 0 Å². The number of nitrogens with two attached hydrogens (primary N) is 1. The first kappa shape index (κ1) is 18.0. The Morgan fingerprint density at radius 3 is 2.52 bits per heavy atom. The molecule has 118 valence electrons. The third kappa shape index (κ3) is 6.06. The predicted octanol–water partition coefficient (Wildman–Crippen LogP) is -0.478. The number of quaternary nitrogens is 1. The summed E-state index contributed by atoms with van der Waals surface area (Å²) in [5.41, 5.74) is 0.639. The summed E-state index contributed by atoms with van der Waals surface area (Å²) >= 11 is 0. The lowest BCUT2D eigenvalue weighted by atomic mass is 9.95. The van der Waals surface area contributed by atoms with E-state index in [1.54, 1.807) is 12.1 Å². The minimum atomic E-state index is -0.207. The van der Waals surface area contributed by atoms with Gasteiger partial charge in [0.1, 0.15) is 12.6 Å². The predicted molar refractivity (Wildman–Crippen MR) is 79.6 cm³/mol. The zero-order valence-corrected chi connectivity index (χ0v) is 13.5. The van der Waals surface area contributed by atoms with Crippen LogP contribution in [0.15, 0.2) is 30.3 Å². The molecule has 1 aliphatic rings. The molecule has 1 atom stereocenters. The average molecular weight is 312 g/mol. The first-order valence-electron chi connectivity index (χ1n) is 7.86. The molecule has 1 fully saturated rings.